The fourth-order valence-corrected chi connectivity index (χ4v) is 6.08. The molecule has 0 aliphatic heterocycles. The van der Waals surface area contributed by atoms with E-state index in [2.05, 4.69) is 69.4 Å². The summed E-state index contributed by atoms with van der Waals surface area (Å²) < 4.78 is 16.7. The molecule has 0 rings (SSSR count). The molecule has 0 N–H and O–H groups in total. The largest absolute Gasteiger partial charge is 0.462 e. The van der Waals surface area contributed by atoms with Gasteiger partial charge in [0.05, 0.1) is 0 Å². The monoisotopic (exact) mass is 819 g/mol. The lowest BCUT2D eigenvalue weighted by Crippen LogP contribution is -2.30. The van der Waals surface area contributed by atoms with Gasteiger partial charge in [-0.05, 0) is 83.5 Å². The molecule has 0 heterocycles. The molecular formula is C53H86O6. The summed E-state index contributed by atoms with van der Waals surface area (Å²) in [6.45, 7) is 6.35. The molecule has 0 aromatic rings. The van der Waals surface area contributed by atoms with Gasteiger partial charge in [-0.15, -0.1) is 0 Å². The van der Waals surface area contributed by atoms with Crippen molar-refractivity contribution in [2.45, 2.75) is 207 Å². The number of unbranched alkanes of at least 4 members (excludes halogenated alkanes) is 19. The van der Waals surface area contributed by atoms with E-state index in [1.54, 1.807) is 0 Å². The number of esters is 3. The standard InChI is InChI=1S/C53H86O6/c1-4-7-10-13-16-19-22-24-26-28-31-34-37-40-43-46-52(55)58-49-50(48-57-51(54)45-42-39-36-33-30-21-18-15-12-9-6-3)59-53(56)47-44-41-38-35-32-29-27-25-23-20-17-14-11-8-5-2/h7,10,13,15-20,22-26,28,31,50H,4-6,8-9,11-12,14,21,27,29-30,32-49H2,1-3H3/b10-7-,16-13-,18-15-,20-17-,22-19-,25-23-,26-24-,31-28-. The van der Waals surface area contributed by atoms with Crippen molar-refractivity contribution in [3.8, 4) is 0 Å². The minimum atomic E-state index is -0.804. The van der Waals surface area contributed by atoms with Gasteiger partial charge in [-0.2, -0.15) is 0 Å². The van der Waals surface area contributed by atoms with E-state index in [1.807, 2.05) is 48.6 Å². The zero-order valence-electron chi connectivity index (χ0n) is 38.0. The van der Waals surface area contributed by atoms with E-state index in [-0.39, 0.29) is 31.1 Å². The highest BCUT2D eigenvalue weighted by atomic mass is 16.6. The van der Waals surface area contributed by atoms with Gasteiger partial charge in [0.2, 0.25) is 0 Å². The van der Waals surface area contributed by atoms with Gasteiger partial charge in [-0.1, -0.05) is 195 Å². The van der Waals surface area contributed by atoms with Crippen molar-refractivity contribution >= 4 is 17.9 Å². The van der Waals surface area contributed by atoms with Gasteiger partial charge < -0.3 is 14.2 Å². The van der Waals surface area contributed by atoms with Crippen LogP contribution in [-0.2, 0) is 28.6 Å². The second-order valence-electron chi connectivity index (χ2n) is 15.4. The molecule has 1 unspecified atom stereocenters. The number of rotatable bonds is 41. The molecule has 0 aromatic carbocycles. The molecule has 0 aromatic heterocycles. The van der Waals surface area contributed by atoms with Crippen LogP contribution in [0, 0.1) is 0 Å². The van der Waals surface area contributed by atoms with E-state index in [9.17, 15) is 14.4 Å². The van der Waals surface area contributed by atoms with Crippen LogP contribution >= 0.6 is 0 Å². The van der Waals surface area contributed by atoms with Crippen LogP contribution in [0.1, 0.15) is 201 Å². The van der Waals surface area contributed by atoms with Crippen LogP contribution in [0.4, 0.5) is 0 Å². The lowest BCUT2D eigenvalue weighted by atomic mass is 10.1. The summed E-state index contributed by atoms with van der Waals surface area (Å²) >= 11 is 0. The topological polar surface area (TPSA) is 78.9 Å². The Labute approximate surface area is 362 Å². The highest BCUT2D eigenvalue weighted by molar-refractivity contribution is 5.71. The normalized spacial score (nSPS) is 12.9. The Hall–Kier alpha value is -3.67. The molecule has 334 valence electrons. The number of hydrogen-bond donors (Lipinski definition) is 0. The predicted molar refractivity (Wildman–Crippen MR) is 251 cm³/mol. The molecule has 59 heavy (non-hydrogen) atoms. The first-order valence-corrected chi connectivity index (χ1v) is 23.8. The van der Waals surface area contributed by atoms with Crippen molar-refractivity contribution < 1.29 is 28.6 Å². The maximum atomic E-state index is 12.8. The Morgan fingerprint density at radius 3 is 1.17 bits per heavy atom. The number of carbonyl (C=O) groups is 3. The smallest absolute Gasteiger partial charge is 0.306 e. The molecule has 0 bridgehead atoms. The third kappa shape index (κ3) is 45.3. The van der Waals surface area contributed by atoms with Crippen LogP contribution in [0.5, 0.6) is 0 Å². The van der Waals surface area contributed by atoms with Crippen LogP contribution in [0.2, 0.25) is 0 Å². The SMILES string of the molecule is CC\C=C/C=C\C=C/C=C\C=C/CCCCCC(=O)OCC(COC(=O)CCCCCCC/C=C\CCCC)OC(=O)CCCCCCCC/C=C\C=C/CCCCC. The number of carbonyl (C=O) groups excluding carboxylic acids is 3. The minimum Gasteiger partial charge on any atom is -0.462 e. The fourth-order valence-electron chi connectivity index (χ4n) is 6.08. The lowest BCUT2D eigenvalue weighted by molar-refractivity contribution is -0.167. The van der Waals surface area contributed by atoms with Crippen LogP contribution in [0.25, 0.3) is 0 Å². The summed E-state index contributed by atoms with van der Waals surface area (Å²) in [7, 11) is 0. The maximum Gasteiger partial charge on any atom is 0.306 e. The Morgan fingerprint density at radius 1 is 0.356 bits per heavy atom. The van der Waals surface area contributed by atoms with Gasteiger partial charge in [-0.3, -0.25) is 14.4 Å². The van der Waals surface area contributed by atoms with Crippen LogP contribution in [0.3, 0.4) is 0 Å². The lowest BCUT2D eigenvalue weighted by Gasteiger charge is -2.18. The molecule has 0 fully saturated rings. The van der Waals surface area contributed by atoms with Gasteiger partial charge in [0.15, 0.2) is 6.10 Å². The summed E-state index contributed by atoms with van der Waals surface area (Å²) in [6, 6.07) is 0. The van der Waals surface area contributed by atoms with E-state index < -0.39 is 6.10 Å². The Morgan fingerprint density at radius 2 is 0.695 bits per heavy atom. The maximum absolute atomic E-state index is 12.8. The van der Waals surface area contributed by atoms with E-state index in [0.29, 0.717) is 19.3 Å². The summed E-state index contributed by atoms with van der Waals surface area (Å²) in [5, 5.41) is 0. The average molecular weight is 819 g/mol. The number of allylic oxidation sites excluding steroid dienone is 16. The molecule has 0 saturated heterocycles. The Bertz CT molecular complexity index is 1220. The van der Waals surface area contributed by atoms with E-state index in [0.717, 1.165) is 96.3 Å². The van der Waals surface area contributed by atoms with E-state index >= 15 is 0 Å². The van der Waals surface area contributed by atoms with Gasteiger partial charge in [0.25, 0.3) is 0 Å². The molecule has 6 heteroatoms. The third-order valence-corrected chi connectivity index (χ3v) is 9.70. The van der Waals surface area contributed by atoms with Crippen LogP contribution in [0.15, 0.2) is 97.2 Å². The van der Waals surface area contributed by atoms with Crippen LogP contribution < -0.4 is 0 Å². The summed E-state index contributed by atoms with van der Waals surface area (Å²) in [5.74, 6) is -0.974. The number of ether oxygens (including phenoxy) is 3. The number of hydrogen-bond acceptors (Lipinski definition) is 6. The molecule has 0 aliphatic rings. The van der Waals surface area contributed by atoms with Crippen molar-refractivity contribution in [3.63, 3.8) is 0 Å². The van der Waals surface area contributed by atoms with Crippen molar-refractivity contribution in [1.82, 2.24) is 0 Å². The Kier molecular flexibility index (Phi) is 44.1. The fraction of sp³-hybridized carbons (Fsp3) is 0.642. The molecule has 0 spiro atoms. The zero-order chi connectivity index (χ0) is 43.0. The van der Waals surface area contributed by atoms with Gasteiger partial charge in [0, 0.05) is 19.3 Å². The summed E-state index contributed by atoms with van der Waals surface area (Å²) in [4.78, 5) is 37.8. The molecule has 1 atom stereocenters. The first-order valence-electron chi connectivity index (χ1n) is 23.8. The van der Waals surface area contributed by atoms with E-state index in [1.165, 1.54) is 64.2 Å². The van der Waals surface area contributed by atoms with Gasteiger partial charge >= 0.3 is 17.9 Å². The highest BCUT2D eigenvalue weighted by Gasteiger charge is 2.19. The molecule has 0 aliphatic carbocycles. The molecule has 0 saturated carbocycles. The minimum absolute atomic E-state index is 0.102. The Balaban J connectivity index is 4.51. The van der Waals surface area contributed by atoms with Crippen molar-refractivity contribution in [2.24, 2.45) is 0 Å². The predicted octanol–water partition coefficient (Wildman–Crippen LogP) is 15.4. The first kappa shape index (κ1) is 55.3. The summed E-state index contributed by atoms with van der Waals surface area (Å²) in [6.07, 6.45) is 61.0. The molecule has 0 amide bonds. The summed E-state index contributed by atoms with van der Waals surface area (Å²) in [5.41, 5.74) is 0. The van der Waals surface area contributed by atoms with Crippen molar-refractivity contribution in [1.29, 1.82) is 0 Å². The second-order valence-corrected chi connectivity index (χ2v) is 15.4. The molecule has 0 radical (unpaired) electrons. The van der Waals surface area contributed by atoms with E-state index in [4.69, 9.17) is 14.2 Å². The highest BCUT2D eigenvalue weighted by Crippen LogP contribution is 2.13. The molecule has 6 nitrogen and oxygen atoms in total. The van der Waals surface area contributed by atoms with Crippen molar-refractivity contribution in [2.75, 3.05) is 13.2 Å². The molecular weight excluding hydrogens is 733 g/mol. The first-order chi connectivity index (χ1) is 29.0. The second kappa shape index (κ2) is 47.0. The van der Waals surface area contributed by atoms with Gasteiger partial charge in [0.1, 0.15) is 13.2 Å². The van der Waals surface area contributed by atoms with Crippen molar-refractivity contribution in [3.05, 3.63) is 97.2 Å². The van der Waals surface area contributed by atoms with Crippen LogP contribution in [-0.4, -0.2) is 37.2 Å². The third-order valence-electron chi connectivity index (χ3n) is 9.70. The zero-order valence-corrected chi connectivity index (χ0v) is 38.0. The average Bonchev–Trinajstić information content (AvgIpc) is 3.23. The van der Waals surface area contributed by atoms with Gasteiger partial charge in [-0.25, -0.2) is 0 Å². The quantitative estimate of drug-likeness (QED) is 0.0201.